The van der Waals surface area contributed by atoms with Crippen molar-refractivity contribution >= 4 is 11.8 Å². The molecule has 0 aliphatic rings. The molecule has 0 aromatic heterocycles. The molecule has 0 radical (unpaired) electrons. The molecule has 0 saturated heterocycles. The lowest BCUT2D eigenvalue weighted by Crippen LogP contribution is -2.15. The van der Waals surface area contributed by atoms with E-state index in [0.717, 1.165) is 18.6 Å². The third kappa shape index (κ3) is 30.6. The molecule has 1 N–H and O–H groups in total. The lowest BCUT2D eigenvalue weighted by atomic mass is 10.0. The zero-order valence-corrected chi connectivity index (χ0v) is 30.3. The first-order valence-corrected chi connectivity index (χ1v) is 17.8. The number of carbonyl (C=O) groups is 2. The Bertz CT molecular complexity index is 901. The van der Waals surface area contributed by atoms with Crippen molar-refractivity contribution in [1.29, 1.82) is 0 Å². The second-order valence-corrected chi connectivity index (χ2v) is 11.1. The highest BCUT2D eigenvalue weighted by Crippen LogP contribution is 2.15. The van der Waals surface area contributed by atoms with Gasteiger partial charge < -0.3 is 57.2 Å². The average Bonchev–Trinajstić information content (AvgIpc) is 3.11. The Hall–Kier alpha value is -2.24. The van der Waals surface area contributed by atoms with Gasteiger partial charge in [0.1, 0.15) is 12.4 Å². The molecule has 0 heterocycles. The van der Waals surface area contributed by atoms with Crippen LogP contribution in [-0.2, 0) is 63.4 Å². The molecule has 0 bridgehead atoms. The Balaban J connectivity index is 1.72. The fraction of sp³-hybridized carbons (Fsp3) is 0.778. The molecule has 1 aromatic rings. The molecule has 0 saturated carbocycles. The average molecular weight is 719 g/mol. The van der Waals surface area contributed by atoms with Gasteiger partial charge in [-0.25, -0.2) is 0 Å². The molecule has 0 aliphatic carbocycles. The van der Waals surface area contributed by atoms with Gasteiger partial charge in [0.2, 0.25) is 0 Å². The van der Waals surface area contributed by atoms with Crippen LogP contribution in [0.4, 0.5) is 0 Å². The second kappa shape index (κ2) is 35.2. The van der Waals surface area contributed by atoms with E-state index in [1.165, 1.54) is 0 Å². The number of carboxylic acid groups (broad SMARTS) is 1. The van der Waals surface area contributed by atoms with E-state index in [1.54, 1.807) is 19.1 Å². The third-order valence-corrected chi connectivity index (χ3v) is 6.73. The first-order chi connectivity index (χ1) is 24.5. The summed E-state index contributed by atoms with van der Waals surface area (Å²) in [7, 11) is 0. The summed E-state index contributed by atoms with van der Waals surface area (Å²) in [5, 5.41) is 9.01. The third-order valence-electron chi connectivity index (χ3n) is 6.73. The van der Waals surface area contributed by atoms with Crippen molar-refractivity contribution in [1.82, 2.24) is 0 Å². The maximum absolute atomic E-state index is 12.1. The van der Waals surface area contributed by atoms with Crippen LogP contribution in [0.1, 0.15) is 38.7 Å². The standard InChI is InChI=1S/C36H62O14/c1-3-10-40-12-14-42-16-18-44-20-22-46-24-26-48-28-29-49-27-25-47-23-21-45-19-17-43-15-13-41-11-4-5-34(37)31-50-35-8-6-33(7-9-35)30-32(2)36(38)39/h6-9,32H,3-5,10-31H2,1-2H3,(H,38,39)/t32-/m0/s1. The minimum Gasteiger partial charge on any atom is -0.486 e. The van der Waals surface area contributed by atoms with Gasteiger partial charge >= 0.3 is 5.97 Å². The maximum atomic E-state index is 12.1. The van der Waals surface area contributed by atoms with Crippen LogP contribution >= 0.6 is 0 Å². The van der Waals surface area contributed by atoms with Crippen molar-refractivity contribution in [3.05, 3.63) is 29.8 Å². The molecule has 0 spiro atoms. The summed E-state index contributed by atoms with van der Waals surface area (Å²) in [5.41, 5.74) is 0.910. The molecule has 14 heteroatoms. The first-order valence-electron chi connectivity index (χ1n) is 17.8. The zero-order valence-electron chi connectivity index (χ0n) is 30.3. The quantitative estimate of drug-likeness (QED) is 0.0990. The van der Waals surface area contributed by atoms with Crippen molar-refractivity contribution in [2.24, 2.45) is 5.92 Å². The number of ether oxygens (including phenoxy) is 11. The number of hydrogen-bond donors (Lipinski definition) is 1. The number of aliphatic carboxylic acids is 1. The van der Waals surface area contributed by atoms with Gasteiger partial charge in [-0.05, 0) is 37.0 Å². The van der Waals surface area contributed by atoms with Gasteiger partial charge in [-0.1, -0.05) is 26.0 Å². The van der Waals surface area contributed by atoms with Crippen LogP contribution in [0.2, 0.25) is 0 Å². The molecule has 50 heavy (non-hydrogen) atoms. The van der Waals surface area contributed by atoms with Crippen molar-refractivity contribution in [2.75, 3.05) is 139 Å². The normalized spacial score (nSPS) is 12.0. The van der Waals surface area contributed by atoms with Crippen molar-refractivity contribution in [3.63, 3.8) is 0 Å². The molecular weight excluding hydrogens is 656 g/mol. The van der Waals surface area contributed by atoms with E-state index in [-0.39, 0.29) is 12.4 Å². The highest BCUT2D eigenvalue weighted by Gasteiger charge is 2.11. The number of rotatable bonds is 39. The van der Waals surface area contributed by atoms with Crippen LogP contribution in [-0.4, -0.2) is 156 Å². The second-order valence-electron chi connectivity index (χ2n) is 11.1. The number of carbonyl (C=O) groups excluding carboxylic acids is 1. The summed E-state index contributed by atoms with van der Waals surface area (Å²) in [6.45, 7) is 14.1. The zero-order chi connectivity index (χ0) is 36.2. The molecule has 0 aliphatic heterocycles. The Morgan fingerprint density at radius 1 is 0.540 bits per heavy atom. The lowest BCUT2D eigenvalue weighted by Gasteiger charge is -2.09. The van der Waals surface area contributed by atoms with Gasteiger partial charge in [0.15, 0.2) is 5.78 Å². The predicted octanol–water partition coefficient (Wildman–Crippen LogP) is 3.25. The van der Waals surface area contributed by atoms with Crippen LogP contribution in [0.15, 0.2) is 24.3 Å². The molecular formula is C36H62O14. The molecule has 1 aromatic carbocycles. The summed E-state index contributed by atoms with van der Waals surface area (Å²) in [6, 6.07) is 7.14. The lowest BCUT2D eigenvalue weighted by molar-refractivity contribution is -0.141. The Labute approximate surface area is 298 Å². The monoisotopic (exact) mass is 718 g/mol. The number of carboxylic acids is 1. The van der Waals surface area contributed by atoms with E-state index < -0.39 is 11.9 Å². The summed E-state index contributed by atoms with van der Waals surface area (Å²) < 4.78 is 60.1. The van der Waals surface area contributed by atoms with Crippen molar-refractivity contribution < 1.29 is 66.8 Å². The van der Waals surface area contributed by atoms with Crippen molar-refractivity contribution in [2.45, 2.75) is 39.5 Å². The predicted molar refractivity (Wildman–Crippen MR) is 185 cm³/mol. The molecule has 0 amide bonds. The SMILES string of the molecule is CCCOCCOCCOCCOCCOCCOCCOCCOCCOCCOCCCC(=O)COc1ccc(C[C@H](C)C(=O)O)cc1. The maximum Gasteiger partial charge on any atom is 0.306 e. The van der Waals surface area contributed by atoms with Gasteiger partial charge in [0.25, 0.3) is 0 Å². The first kappa shape index (κ1) is 45.8. The highest BCUT2D eigenvalue weighted by atomic mass is 16.6. The minimum absolute atomic E-state index is 0.00845. The van der Waals surface area contributed by atoms with E-state index in [1.807, 2.05) is 12.1 Å². The Morgan fingerprint density at radius 2 is 0.880 bits per heavy atom. The smallest absolute Gasteiger partial charge is 0.306 e. The molecule has 0 unspecified atom stereocenters. The number of benzene rings is 1. The van der Waals surface area contributed by atoms with Crippen molar-refractivity contribution in [3.8, 4) is 5.75 Å². The van der Waals surface area contributed by atoms with E-state index in [2.05, 4.69) is 6.92 Å². The fourth-order valence-corrected chi connectivity index (χ4v) is 4.00. The van der Waals surface area contributed by atoms with E-state index in [0.29, 0.717) is 151 Å². The van der Waals surface area contributed by atoms with E-state index >= 15 is 0 Å². The van der Waals surface area contributed by atoms with Crippen LogP contribution in [0.25, 0.3) is 0 Å². The summed E-state index contributed by atoms with van der Waals surface area (Å²) in [6.07, 6.45) is 2.44. The Morgan fingerprint density at radius 3 is 1.22 bits per heavy atom. The largest absolute Gasteiger partial charge is 0.486 e. The number of Topliss-reactive ketones (excluding diaryl/α,β-unsaturated/α-hetero) is 1. The fourth-order valence-electron chi connectivity index (χ4n) is 4.00. The van der Waals surface area contributed by atoms with E-state index in [9.17, 15) is 9.59 Å². The number of hydrogen-bond acceptors (Lipinski definition) is 13. The van der Waals surface area contributed by atoms with Gasteiger partial charge in [0.05, 0.1) is 125 Å². The molecule has 14 nitrogen and oxygen atoms in total. The van der Waals surface area contributed by atoms with E-state index in [4.69, 9.17) is 57.2 Å². The molecule has 1 rings (SSSR count). The molecule has 1 atom stereocenters. The number of ketones is 1. The molecule has 0 fully saturated rings. The topological polar surface area (TPSA) is 156 Å². The molecule has 290 valence electrons. The van der Waals surface area contributed by atoms with Crippen LogP contribution in [0.3, 0.4) is 0 Å². The van der Waals surface area contributed by atoms with Gasteiger partial charge in [-0.15, -0.1) is 0 Å². The van der Waals surface area contributed by atoms with Crippen LogP contribution in [0.5, 0.6) is 5.75 Å². The minimum atomic E-state index is -0.827. The Kier molecular flexibility index (Phi) is 32.2. The van der Waals surface area contributed by atoms with Gasteiger partial charge in [-0.3, -0.25) is 9.59 Å². The highest BCUT2D eigenvalue weighted by molar-refractivity contribution is 5.79. The van der Waals surface area contributed by atoms with Gasteiger partial charge in [0, 0.05) is 19.6 Å². The summed E-state index contributed by atoms with van der Waals surface area (Å²) in [5.74, 6) is -0.708. The summed E-state index contributed by atoms with van der Waals surface area (Å²) in [4.78, 5) is 23.0. The van der Waals surface area contributed by atoms with Gasteiger partial charge in [-0.2, -0.15) is 0 Å². The van der Waals surface area contributed by atoms with Crippen LogP contribution < -0.4 is 4.74 Å². The summed E-state index contributed by atoms with van der Waals surface area (Å²) >= 11 is 0. The van der Waals surface area contributed by atoms with Crippen LogP contribution in [0, 0.1) is 5.92 Å².